The number of carbonyl (C=O) groups is 5. The van der Waals surface area contributed by atoms with E-state index in [9.17, 15) is 29.1 Å². The van der Waals surface area contributed by atoms with Gasteiger partial charge in [0.05, 0.1) is 24.8 Å². The second kappa shape index (κ2) is 21.3. The Labute approximate surface area is 406 Å². The van der Waals surface area contributed by atoms with E-state index < -0.39 is 47.2 Å². The van der Waals surface area contributed by atoms with Gasteiger partial charge >= 0.3 is 5.97 Å². The Kier molecular flexibility index (Phi) is 15.7. The number of nitrogens with one attached hydrogen (secondary N) is 2. The predicted octanol–water partition coefficient (Wildman–Crippen LogP) is 6.07. The van der Waals surface area contributed by atoms with Crippen LogP contribution in [0.4, 0.5) is 0 Å². The Morgan fingerprint density at radius 2 is 1.80 bits per heavy atom. The van der Waals surface area contributed by atoms with E-state index in [4.69, 9.17) is 9.47 Å². The first-order valence-corrected chi connectivity index (χ1v) is 24.3. The molecular formula is C54H71N7O8. The lowest BCUT2D eigenvalue weighted by atomic mass is 9.83. The number of rotatable bonds is 12. The molecule has 4 aromatic rings. The number of hydrogen-bond acceptors (Lipinski definition) is 10. The first-order valence-electron chi connectivity index (χ1n) is 24.3. The minimum atomic E-state index is -1.16. The molecule has 4 atom stereocenters. The lowest BCUT2D eigenvalue weighted by Gasteiger charge is -2.37. The quantitative estimate of drug-likeness (QED) is 0.112. The third kappa shape index (κ3) is 11.2. The molecule has 0 radical (unpaired) electrons. The number of hydrazine groups is 1. The maximum atomic E-state index is 14.8. The normalized spacial score (nSPS) is 20.2. The molecule has 6 bridgehead atoms. The number of benzene rings is 3. The van der Waals surface area contributed by atoms with Gasteiger partial charge in [0, 0.05) is 75.2 Å². The number of fused-ring (bicyclic) bond motifs is 6. The second-order valence-electron chi connectivity index (χ2n) is 20.5. The molecule has 3 aromatic carbocycles. The molecule has 2 fully saturated rings. The molecule has 0 spiro atoms. The maximum absolute atomic E-state index is 14.8. The van der Waals surface area contributed by atoms with Crippen molar-refractivity contribution in [3.05, 3.63) is 89.5 Å². The zero-order chi connectivity index (χ0) is 49.9. The van der Waals surface area contributed by atoms with Gasteiger partial charge < -0.3 is 39.2 Å². The van der Waals surface area contributed by atoms with Crippen LogP contribution in [-0.2, 0) is 66.0 Å². The van der Waals surface area contributed by atoms with Crippen LogP contribution in [0.3, 0.4) is 0 Å². The lowest BCUT2D eigenvalue weighted by Crippen LogP contribution is -2.62. The van der Waals surface area contributed by atoms with E-state index in [0.29, 0.717) is 50.9 Å². The Hall–Kier alpha value is -6.03. The minimum Gasteiger partial charge on any atom is -0.508 e. The van der Waals surface area contributed by atoms with E-state index in [2.05, 4.69) is 92.0 Å². The van der Waals surface area contributed by atoms with Crippen molar-refractivity contribution in [3.63, 3.8) is 0 Å². The van der Waals surface area contributed by atoms with Gasteiger partial charge in [0.25, 0.3) is 5.91 Å². The number of phenolic OH excluding ortho intramolecular Hbond substituents is 1. The monoisotopic (exact) mass is 946 g/mol. The summed E-state index contributed by atoms with van der Waals surface area (Å²) < 4.78 is 14.3. The minimum absolute atomic E-state index is 0.00504. The van der Waals surface area contributed by atoms with Crippen LogP contribution in [-0.4, -0.2) is 132 Å². The topological polar surface area (TPSA) is 166 Å². The van der Waals surface area contributed by atoms with Crippen LogP contribution in [0.15, 0.2) is 67.3 Å². The third-order valence-electron chi connectivity index (χ3n) is 13.8. The highest BCUT2D eigenvalue weighted by atomic mass is 16.5. The molecule has 3 aliphatic heterocycles. The summed E-state index contributed by atoms with van der Waals surface area (Å²) in [5.41, 5.74) is 11.3. The average Bonchev–Trinajstić information content (AvgIpc) is 3.92. The Morgan fingerprint density at radius 3 is 2.49 bits per heavy atom. The van der Waals surface area contributed by atoms with Crippen molar-refractivity contribution in [3.8, 4) is 28.1 Å². The van der Waals surface area contributed by atoms with E-state index in [1.54, 1.807) is 31.2 Å². The van der Waals surface area contributed by atoms with Crippen LogP contribution in [0.1, 0.15) is 76.1 Å². The van der Waals surface area contributed by atoms with E-state index in [1.165, 1.54) is 21.5 Å². The van der Waals surface area contributed by atoms with Gasteiger partial charge in [0.15, 0.2) is 0 Å². The fourth-order valence-corrected chi connectivity index (χ4v) is 10.5. The molecule has 69 heavy (non-hydrogen) atoms. The first kappa shape index (κ1) is 50.8. The molecule has 7 rings (SSSR count). The molecule has 3 aliphatic rings. The van der Waals surface area contributed by atoms with Crippen LogP contribution < -0.4 is 10.7 Å². The summed E-state index contributed by atoms with van der Waals surface area (Å²) in [6.45, 7) is 16.5. The average molecular weight is 946 g/mol. The number of nitrogens with zero attached hydrogens (tertiary/aromatic N) is 5. The van der Waals surface area contributed by atoms with Crippen molar-refractivity contribution < 1.29 is 38.6 Å². The molecular weight excluding hydrogens is 875 g/mol. The highest BCUT2D eigenvalue weighted by molar-refractivity contribution is 5.96. The number of cyclic esters (lactones) is 1. The predicted molar refractivity (Wildman–Crippen MR) is 266 cm³/mol. The summed E-state index contributed by atoms with van der Waals surface area (Å²) in [7, 11) is 7.40. The number of methoxy groups -OCH3 is 1. The van der Waals surface area contributed by atoms with Gasteiger partial charge in [-0.05, 0) is 116 Å². The molecule has 1 unspecified atom stereocenters. The Balaban J connectivity index is 1.31. The van der Waals surface area contributed by atoms with Crippen LogP contribution >= 0.6 is 0 Å². The fourth-order valence-electron chi connectivity index (χ4n) is 10.5. The SMILES string of the molecule is C=CC(=O)N1CC[C@H](C(=O)N(C)[C@H](C(=O)NC2Cc3cc(O)cc(c3)-c3ccc4c(c3)c(c(-c3ccc(CN(C)C)cc3COC)n4CC)CC(C)(C)COC(=O)[C@@H]3CCCN(N3)C2=O)C(C)C)C1. The van der Waals surface area contributed by atoms with Gasteiger partial charge in [-0.1, -0.05) is 64.6 Å². The molecule has 15 nitrogen and oxygen atoms in total. The molecule has 2 saturated heterocycles. The number of likely N-dealkylation sites (tertiary alicyclic amines) is 1. The number of esters is 1. The van der Waals surface area contributed by atoms with E-state index in [1.807, 2.05) is 26.0 Å². The van der Waals surface area contributed by atoms with Gasteiger partial charge in [-0.15, -0.1) is 0 Å². The van der Waals surface area contributed by atoms with E-state index in [-0.39, 0.29) is 49.6 Å². The van der Waals surface area contributed by atoms with Crippen LogP contribution in [0.2, 0.25) is 0 Å². The molecule has 370 valence electrons. The Bertz CT molecular complexity index is 2600. The maximum Gasteiger partial charge on any atom is 0.324 e. The van der Waals surface area contributed by atoms with Gasteiger partial charge in [0.2, 0.25) is 17.7 Å². The fraction of sp³-hybridized carbons (Fsp3) is 0.500. The van der Waals surface area contributed by atoms with Gasteiger partial charge in [-0.3, -0.25) is 29.0 Å². The number of hydrogen-bond donors (Lipinski definition) is 3. The van der Waals surface area contributed by atoms with E-state index >= 15 is 0 Å². The van der Waals surface area contributed by atoms with Crippen molar-refractivity contribution in [2.75, 3.05) is 54.5 Å². The standard InChI is InChI=1S/C54H71N7O8/c1-11-47(63)59-21-19-37(30-59)51(65)58(9)48(33(3)4)50(64)55-45-25-35-23-38(26-40(62)24-35)36-16-18-46-42(27-36)43(28-54(5,6)32-69-53(67)44-14-13-20-61(56-44)52(45)66)49(60(46)12-2)41-17-15-34(29-57(7)8)22-39(41)31-68-10/h11,15-18,22-24,26-27,33,37,44-45,48,56,62H,1,12-14,19-21,25,28-32H2,2-10H3,(H,55,64)/t37-,44-,45?,48-/m0/s1. The highest BCUT2D eigenvalue weighted by Gasteiger charge is 2.40. The van der Waals surface area contributed by atoms with Crippen molar-refractivity contribution in [1.82, 2.24) is 35.0 Å². The molecule has 0 saturated carbocycles. The zero-order valence-corrected chi connectivity index (χ0v) is 41.9. The summed E-state index contributed by atoms with van der Waals surface area (Å²) in [6.07, 6.45) is 3.20. The van der Waals surface area contributed by atoms with E-state index in [0.717, 1.165) is 51.0 Å². The largest absolute Gasteiger partial charge is 0.508 e. The van der Waals surface area contributed by atoms with Crippen LogP contribution in [0.5, 0.6) is 5.75 Å². The lowest BCUT2D eigenvalue weighted by molar-refractivity contribution is -0.155. The first-order chi connectivity index (χ1) is 32.8. The van der Waals surface area contributed by atoms with Crippen LogP contribution in [0, 0.1) is 17.3 Å². The molecule has 1 aromatic heterocycles. The smallest absolute Gasteiger partial charge is 0.324 e. The Morgan fingerprint density at radius 1 is 1.03 bits per heavy atom. The van der Waals surface area contributed by atoms with Crippen molar-refractivity contribution in [2.24, 2.45) is 17.3 Å². The van der Waals surface area contributed by atoms with Gasteiger partial charge in [-0.25, -0.2) is 5.43 Å². The number of carbonyl (C=O) groups excluding carboxylic acids is 5. The summed E-state index contributed by atoms with van der Waals surface area (Å²) >= 11 is 0. The molecule has 4 heterocycles. The number of aromatic nitrogens is 1. The second-order valence-corrected chi connectivity index (χ2v) is 20.5. The van der Waals surface area contributed by atoms with Crippen molar-refractivity contribution in [2.45, 2.75) is 105 Å². The third-order valence-corrected chi connectivity index (χ3v) is 13.8. The summed E-state index contributed by atoms with van der Waals surface area (Å²) in [6, 6.07) is 15.2. The number of amides is 4. The summed E-state index contributed by atoms with van der Waals surface area (Å²) in [5, 5.41) is 16.8. The van der Waals surface area contributed by atoms with Crippen molar-refractivity contribution in [1.29, 1.82) is 0 Å². The van der Waals surface area contributed by atoms with Gasteiger partial charge in [0.1, 0.15) is 23.9 Å². The number of phenols is 1. The number of ether oxygens (including phenoxy) is 2. The van der Waals surface area contributed by atoms with Gasteiger partial charge in [-0.2, -0.15) is 0 Å². The molecule has 0 aliphatic carbocycles. The highest BCUT2D eigenvalue weighted by Crippen LogP contribution is 2.42. The summed E-state index contributed by atoms with van der Waals surface area (Å²) in [4.78, 5) is 74.7. The van der Waals surface area contributed by atoms with Crippen molar-refractivity contribution >= 4 is 40.5 Å². The number of likely N-dealkylation sites (N-methyl/N-ethyl adjacent to an activating group) is 1. The molecule has 4 amide bonds. The zero-order valence-electron chi connectivity index (χ0n) is 41.9. The number of aromatic hydroxyl groups is 1. The molecule has 3 N–H and O–H groups in total. The number of aryl methyl sites for hydroxylation is 1. The molecule has 15 heteroatoms. The summed E-state index contributed by atoms with van der Waals surface area (Å²) in [5.74, 6) is -2.83. The van der Waals surface area contributed by atoms with Crippen LogP contribution in [0.25, 0.3) is 33.3 Å².